The van der Waals surface area contributed by atoms with Crippen molar-refractivity contribution in [2.45, 2.75) is 32.3 Å². The van der Waals surface area contributed by atoms with E-state index in [-0.39, 0.29) is 11.5 Å². The van der Waals surface area contributed by atoms with Gasteiger partial charge in [-0.1, -0.05) is 44.2 Å². The highest BCUT2D eigenvalue weighted by Gasteiger charge is 2.24. The van der Waals surface area contributed by atoms with E-state index in [0.29, 0.717) is 13.2 Å². The second-order valence-corrected chi connectivity index (χ2v) is 8.30. The highest BCUT2D eigenvalue weighted by molar-refractivity contribution is 7.20. The number of aromatic nitrogens is 3. The summed E-state index contributed by atoms with van der Waals surface area (Å²) in [7, 11) is 2.02. The molecule has 1 aliphatic heterocycles. The predicted octanol–water partition coefficient (Wildman–Crippen LogP) is 3.36. The van der Waals surface area contributed by atoms with E-state index >= 15 is 0 Å². The summed E-state index contributed by atoms with van der Waals surface area (Å²) in [6.45, 7) is 7.72. The highest BCUT2D eigenvalue weighted by Crippen LogP contribution is 2.32. The maximum atomic E-state index is 6.03. The van der Waals surface area contributed by atoms with Crippen LogP contribution in [0, 0.1) is 0 Å². The van der Waals surface area contributed by atoms with Gasteiger partial charge in [0.05, 0.1) is 18.4 Å². The van der Waals surface area contributed by atoms with Crippen LogP contribution in [0.4, 0.5) is 5.13 Å². The molecule has 132 valence electrons. The van der Waals surface area contributed by atoms with Crippen LogP contribution in [-0.2, 0) is 5.41 Å². The molecule has 0 radical (unpaired) electrons. The fourth-order valence-electron chi connectivity index (χ4n) is 2.74. The van der Waals surface area contributed by atoms with Crippen molar-refractivity contribution in [3.63, 3.8) is 0 Å². The van der Waals surface area contributed by atoms with E-state index in [1.807, 2.05) is 42.0 Å². The van der Waals surface area contributed by atoms with E-state index in [1.165, 1.54) is 0 Å². The number of likely N-dealkylation sites (N-methyl/N-ethyl adjacent to an activating group) is 1. The van der Waals surface area contributed by atoms with Gasteiger partial charge in [-0.2, -0.15) is 0 Å². The third-order valence-corrected chi connectivity index (χ3v) is 5.21. The second kappa shape index (κ2) is 5.91. The van der Waals surface area contributed by atoms with Crippen LogP contribution >= 0.6 is 11.3 Å². The molecule has 0 fully saturated rings. The SMILES string of the molecule is CN(C[C@@H]1COc2ccccc2O1)c1nn2cc(C(C)(C)C)nc2s1. The summed E-state index contributed by atoms with van der Waals surface area (Å²) in [6, 6.07) is 7.77. The van der Waals surface area contributed by atoms with E-state index in [2.05, 4.69) is 30.8 Å². The summed E-state index contributed by atoms with van der Waals surface area (Å²) >= 11 is 1.59. The fraction of sp³-hybridized carbons (Fsp3) is 0.444. The Morgan fingerprint density at radius 1 is 1.28 bits per heavy atom. The van der Waals surface area contributed by atoms with E-state index < -0.39 is 0 Å². The number of anilines is 1. The molecule has 0 saturated carbocycles. The minimum atomic E-state index is -0.0266. The van der Waals surface area contributed by atoms with Crippen molar-refractivity contribution in [2.75, 3.05) is 25.1 Å². The van der Waals surface area contributed by atoms with Gasteiger partial charge in [-0.3, -0.25) is 0 Å². The average molecular weight is 358 g/mol. The molecule has 1 aromatic carbocycles. The van der Waals surface area contributed by atoms with Crippen LogP contribution in [0.2, 0.25) is 0 Å². The zero-order chi connectivity index (χ0) is 17.6. The monoisotopic (exact) mass is 358 g/mol. The standard InChI is InChI=1S/C18H22N4O2S/c1-18(2,3)15-10-22-16(19-15)25-17(20-22)21(4)9-12-11-23-13-7-5-6-8-14(13)24-12/h5-8,10,12H,9,11H2,1-4H3/t12-/m1/s1. The first-order valence-corrected chi connectivity index (χ1v) is 9.18. The molecule has 25 heavy (non-hydrogen) atoms. The van der Waals surface area contributed by atoms with Gasteiger partial charge in [0.25, 0.3) is 0 Å². The quantitative estimate of drug-likeness (QED) is 0.718. The topological polar surface area (TPSA) is 51.9 Å². The normalized spacial score (nSPS) is 17.0. The van der Waals surface area contributed by atoms with Crippen molar-refractivity contribution >= 4 is 21.4 Å². The number of nitrogens with zero attached hydrogens (tertiary/aromatic N) is 4. The molecule has 1 atom stereocenters. The first-order chi connectivity index (χ1) is 11.9. The Morgan fingerprint density at radius 3 is 2.76 bits per heavy atom. The summed E-state index contributed by atoms with van der Waals surface area (Å²) in [4.78, 5) is 7.71. The molecule has 3 heterocycles. The zero-order valence-electron chi connectivity index (χ0n) is 14.9. The van der Waals surface area contributed by atoms with E-state index in [0.717, 1.165) is 27.3 Å². The molecular formula is C18H22N4O2S. The molecule has 0 unspecified atom stereocenters. The lowest BCUT2D eigenvalue weighted by Crippen LogP contribution is -2.39. The lowest BCUT2D eigenvalue weighted by Gasteiger charge is -2.29. The molecule has 4 rings (SSSR count). The van der Waals surface area contributed by atoms with Crippen LogP contribution in [0.1, 0.15) is 26.5 Å². The Kier molecular flexibility index (Phi) is 3.83. The average Bonchev–Trinajstić information content (AvgIpc) is 3.13. The van der Waals surface area contributed by atoms with E-state index in [1.54, 1.807) is 11.3 Å². The Bertz CT molecular complexity index is 864. The van der Waals surface area contributed by atoms with Gasteiger partial charge in [-0.25, -0.2) is 9.50 Å². The first-order valence-electron chi connectivity index (χ1n) is 8.36. The maximum absolute atomic E-state index is 6.03. The molecule has 0 amide bonds. The molecule has 0 bridgehead atoms. The Labute approximate surface area is 151 Å². The van der Waals surface area contributed by atoms with Gasteiger partial charge < -0.3 is 14.4 Å². The van der Waals surface area contributed by atoms with Crippen LogP contribution in [-0.4, -0.2) is 40.9 Å². The molecule has 0 N–H and O–H groups in total. The van der Waals surface area contributed by atoms with Gasteiger partial charge in [0.2, 0.25) is 10.1 Å². The van der Waals surface area contributed by atoms with Gasteiger partial charge >= 0.3 is 0 Å². The molecule has 2 aromatic heterocycles. The van der Waals surface area contributed by atoms with Crippen molar-refractivity contribution in [3.8, 4) is 11.5 Å². The predicted molar refractivity (Wildman–Crippen MR) is 99.2 cm³/mol. The lowest BCUT2D eigenvalue weighted by atomic mass is 9.93. The molecule has 6 nitrogen and oxygen atoms in total. The summed E-state index contributed by atoms with van der Waals surface area (Å²) in [5.74, 6) is 1.61. The summed E-state index contributed by atoms with van der Waals surface area (Å²) in [5, 5.41) is 5.58. The Hall–Kier alpha value is -2.28. The highest BCUT2D eigenvalue weighted by atomic mass is 32.1. The lowest BCUT2D eigenvalue weighted by molar-refractivity contribution is 0.0960. The zero-order valence-corrected chi connectivity index (χ0v) is 15.7. The smallest absolute Gasteiger partial charge is 0.214 e. The van der Waals surface area contributed by atoms with Crippen LogP contribution in [0.15, 0.2) is 30.5 Å². The van der Waals surface area contributed by atoms with Crippen molar-refractivity contribution < 1.29 is 9.47 Å². The molecule has 1 aliphatic rings. The molecule has 0 saturated heterocycles. The van der Waals surface area contributed by atoms with Crippen LogP contribution in [0.25, 0.3) is 4.96 Å². The third-order valence-electron chi connectivity index (χ3n) is 4.17. The van der Waals surface area contributed by atoms with Crippen LogP contribution in [0.5, 0.6) is 11.5 Å². The molecule has 7 heteroatoms. The van der Waals surface area contributed by atoms with Crippen molar-refractivity contribution in [2.24, 2.45) is 0 Å². The van der Waals surface area contributed by atoms with Crippen LogP contribution in [0.3, 0.4) is 0 Å². The second-order valence-electron chi connectivity index (χ2n) is 7.37. The van der Waals surface area contributed by atoms with Gasteiger partial charge in [0.15, 0.2) is 17.6 Å². The number of benzene rings is 1. The number of hydrogen-bond acceptors (Lipinski definition) is 6. The van der Waals surface area contributed by atoms with Crippen molar-refractivity contribution in [1.29, 1.82) is 0 Å². The van der Waals surface area contributed by atoms with Gasteiger partial charge in [-0.15, -0.1) is 5.10 Å². The fourth-order valence-corrected chi connectivity index (χ4v) is 3.60. The van der Waals surface area contributed by atoms with Crippen LogP contribution < -0.4 is 14.4 Å². The third kappa shape index (κ3) is 3.16. The Morgan fingerprint density at radius 2 is 2.04 bits per heavy atom. The van der Waals surface area contributed by atoms with Crippen molar-refractivity contribution in [1.82, 2.24) is 14.6 Å². The molecule has 0 aliphatic carbocycles. The van der Waals surface area contributed by atoms with Gasteiger partial charge in [0.1, 0.15) is 6.61 Å². The minimum absolute atomic E-state index is 0.0266. The van der Waals surface area contributed by atoms with E-state index in [4.69, 9.17) is 14.5 Å². The largest absolute Gasteiger partial charge is 0.486 e. The summed E-state index contributed by atoms with van der Waals surface area (Å²) < 4.78 is 13.7. The number of rotatable bonds is 3. The number of hydrogen-bond donors (Lipinski definition) is 0. The molecule has 0 spiro atoms. The minimum Gasteiger partial charge on any atom is -0.486 e. The summed E-state index contributed by atoms with van der Waals surface area (Å²) in [6.07, 6.45) is 1.99. The molecule has 3 aromatic rings. The number of ether oxygens (including phenoxy) is 2. The maximum Gasteiger partial charge on any atom is 0.214 e. The first kappa shape index (κ1) is 16.2. The van der Waals surface area contributed by atoms with E-state index in [9.17, 15) is 0 Å². The number of fused-ring (bicyclic) bond motifs is 2. The van der Waals surface area contributed by atoms with Gasteiger partial charge in [-0.05, 0) is 12.1 Å². The summed E-state index contributed by atoms with van der Waals surface area (Å²) in [5.41, 5.74) is 1.08. The molecular weight excluding hydrogens is 336 g/mol. The number of imidazole rings is 1. The van der Waals surface area contributed by atoms with Crippen molar-refractivity contribution in [3.05, 3.63) is 36.2 Å². The van der Waals surface area contributed by atoms with Gasteiger partial charge in [0, 0.05) is 12.5 Å². The number of para-hydroxylation sites is 2. The Balaban J connectivity index is 1.47.